The molecule has 0 aliphatic heterocycles. The second-order valence-corrected chi connectivity index (χ2v) is 13.4. The first-order valence-electron chi connectivity index (χ1n) is 17.9. The third-order valence-electron chi connectivity index (χ3n) is 10.0. The minimum atomic E-state index is 0.680. The van der Waals surface area contributed by atoms with Crippen molar-refractivity contribution >= 4 is 32.7 Å². The molecule has 0 saturated carbocycles. The van der Waals surface area contributed by atoms with Crippen molar-refractivity contribution in [1.82, 2.24) is 9.97 Å². The number of fused-ring (bicyclic) bond motifs is 4. The van der Waals surface area contributed by atoms with Gasteiger partial charge in [-0.25, -0.2) is 9.97 Å². The average molecular weight is 677 g/mol. The highest BCUT2D eigenvalue weighted by Crippen LogP contribution is 2.41. The summed E-state index contributed by atoms with van der Waals surface area (Å²) in [6.45, 7) is 0. The number of hydrogen-bond donors (Lipinski definition) is 0. The first kappa shape index (κ1) is 30.7. The van der Waals surface area contributed by atoms with Gasteiger partial charge in [-0.3, -0.25) is 0 Å². The van der Waals surface area contributed by atoms with Crippen LogP contribution < -0.4 is 0 Å². The lowest BCUT2D eigenvalue weighted by Gasteiger charge is -2.14. The molecule has 53 heavy (non-hydrogen) atoms. The van der Waals surface area contributed by atoms with Crippen molar-refractivity contribution in [2.45, 2.75) is 0 Å². The molecule has 3 heteroatoms. The second-order valence-electron chi connectivity index (χ2n) is 13.4. The Morgan fingerprint density at radius 2 is 0.906 bits per heavy atom. The fraction of sp³-hybridized carbons (Fsp3) is 0. The van der Waals surface area contributed by atoms with Crippen molar-refractivity contribution in [3.05, 3.63) is 194 Å². The van der Waals surface area contributed by atoms with Crippen molar-refractivity contribution in [1.29, 1.82) is 0 Å². The van der Waals surface area contributed by atoms with E-state index in [1.807, 2.05) is 24.3 Å². The predicted octanol–water partition coefficient (Wildman–Crippen LogP) is 13.5. The fourth-order valence-corrected chi connectivity index (χ4v) is 7.43. The second kappa shape index (κ2) is 12.9. The zero-order valence-corrected chi connectivity index (χ0v) is 28.8. The normalized spacial score (nSPS) is 11.4. The predicted molar refractivity (Wildman–Crippen MR) is 219 cm³/mol. The van der Waals surface area contributed by atoms with Gasteiger partial charge in [-0.15, -0.1) is 0 Å². The van der Waals surface area contributed by atoms with Crippen molar-refractivity contribution in [3.63, 3.8) is 0 Å². The third-order valence-corrected chi connectivity index (χ3v) is 10.0. The van der Waals surface area contributed by atoms with Crippen LogP contribution in [0.2, 0.25) is 0 Å². The summed E-state index contributed by atoms with van der Waals surface area (Å²) in [4.78, 5) is 10.5. The maximum atomic E-state index is 6.34. The molecule has 0 saturated heterocycles. The van der Waals surface area contributed by atoms with Gasteiger partial charge in [0.25, 0.3) is 0 Å². The lowest BCUT2D eigenvalue weighted by molar-refractivity contribution is 0.669. The largest absolute Gasteiger partial charge is 0.456 e. The molecule has 0 unspecified atom stereocenters. The Morgan fingerprint density at radius 3 is 1.75 bits per heavy atom. The van der Waals surface area contributed by atoms with Crippen LogP contribution in [-0.2, 0) is 0 Å². The van der Waals surface area contributed by atoms with Crippen LogP contribution in [0.3, 0.4) is 0 Å². The molecule has 10 rings (SSSR count). The van der Waals surface area contributed by atoms with Crippen LogP contribution in [0.4, 0.5) is 0 Å². The topological polar surface area (TPSA) is 38.9 Å². The highest BCUT2D eigenvalue weighted by molar-refractivity contribution is 6.12. The van der Waals surface area contributed by atoms with Gasteiger partial charge >= 0.3 is 0 Å². The summed E-state index contributed by atoms with van der Waals surface area (Å²) in [6, 6.07) is 68.1. The van der Waals surface area contributed by atoms with E-state index in [1.165, 1.54) is 10.8 Å². The number of furan rings is 1. The van der Waals surface area contributed by atoms with Gasteiger partial charge in [-0.2, -0.15) is 0 Å². The molecule has 0 aliphatic carbocycles. The smallest absolute Gasteiger partial charge is 0.160 e. The molecule has 0 aliphatic rings. The van der Waals surface area contributed by atoms with Gasteiger partial charge in [-0.1, -0.05) is 146 Å². The van der Waals surface area contributed by atoms with E-state index in [1.54, 1.807) is 0 Å². The Morgan fingerprint density at radius 1 is 0.321 bits per heavy atom. The molecule has 2 aromatic heterocycles. The standard InChI is InChI=1S/C50H32N2O/c1-3-13-33(14-4-1)37-19-11-20-39(28-37)50-51-45(35-16-5-2-6-17-35)32-46(52-50)42-30-40(38-26-25-34-15-7-8-18-36(34)27-38)29-41(31-42)43-22-12-24-48-49(43)44-21-9-10-23-47(44)53-48/h1-32H. The summed E-state index contributed by atoms with van der Waals surface area (Å²) in [5, 5.41) is 4.63. The van der Waals surface area contributed by atoms with Gasteiger partial charge in [-0.05, 0) is 92.7 Å². The molecule has 248 valence electrons. The first-order chi connectivity index (χ1) is 26.2. The van der Waals surface area contributed by atoms with Crippen molar-refractivity contribution in [2.75, 3.05) is 0 Å². The Kier molecular flexibility index (Phi) is 7.47. The summed E-state index contributed by atoms with van der Waals surface area (Å²) < 4.78 is 6.34. The van der Waals surface area contributed by atoms with Gasteiger partial charge in [0, 0.05) is 27.5 Å². The van der Waals surface area contributed by atoms with Crippen molar-refractivity contribution in [3.8, 4) is 67.3 Å². The molecule has 0 N–H and O–H groups in total. The average Bonchev–Trinajstić information content (AvgIpc) is 3.63. The summed E-state index contributed by atoms with van der Waals surface area (Å²) in [5.41, 5.74) is 13.2. The Hall–Kier alpha value is -7.10. The number of aromatic nitrogens is 2. The summed E-state index contributed by atoms with van der Waals surface area (Å²) >= 11 is 0. The van der Waals surface area contributed by atoms with E-state index in [0.29, 0.717) is 5.82 Å². The molecule has 0 fully saturated rings. The maximum Gasteiger partial charge on any atom is 0.160 e. The SMILES string of the molecule is c1ccc(-c2cccc(-c3nc(-c4ccccc4)cc(-c4cc(-c5ccc6ccccc6c5)cc(-c5cccc6oc7ccccc7c56)c4)n3)c2)cc1. The molecule has 10 aromatic rings. The van der Waals surface area contributed by atoms with Crippen molar-refractivity contribution in [2.24, 2.45) is 0 Å². The summed E-state index contributed by atoms with van der Waals surface area (Å²) in [7, 11) is 0. The van der Waals surface area contributed by atoms with Crippen LogP contribution in [0.25, 0.3) is 100.0 Å². The highest BCUT2D eigenvalue weighted by atomic mass is 16.3. The Bertz CT molecular complexity index is 2950. The third kappa shape index (κ3) is 5.75. The highest BCUT2D eigenvalue weighted by Gasteiger charge is 2.17. The molecule has 3 nitrogen and oxygen atoms in total. The minimum absolute atomic E-state index is 0.680. The van der Waals surface area contributed by atoms with Crippen LogP contribution in [0.1, 0.15) is 0 Å². The molecule has 0 amide bonds. The lowest BCUT2D eigenvalue weighted by Crippen LogP contribution is -1.97. The zero-order chi connectivity index (χ0) is 35.1. The van der Waals surface area contributed by atoms with E-state index in [0.717, 1.165) is 83.4 Å². The maximum absolute atomic E-state index is 6.34. The first-order valence-corrected chi connectivity index (χ1v) is 17.9. The quantitative estimate of drug-likeness (QED) is 0.176. The number of benzene rings is 8. The van der Waals surface area contributed by atoms with Crippen LogP contribution >= 0.6 is 0 Å². The van der Waals surface area contributed by atoms with E-state index in [-0.39, 0.29) is 0 Å². The van der Waals surface area contributed by atoms with Gasteiger partial charge < -0.3 is 4.42 Å². The fourth-order valence-electron chi connectivity index (χ4n) is 7.43. The zero-order valence-electron chi connectivity index (χ0n) is 28.8. The summed E-state index contributed by atoms with van der Waals surface area (Å²) in [5.74, 6) is 0.680. The monoisotopic (exact) mass is 676 g/mol. The van der Waals surface area contributed by atoms with Crippen LogP contribution in [-0.4, -0.2) is 9.97 Å². The molecule has 0 spiro atoms. The van der Waals surface area contributed by atoms with E-state index < -0.39 is 0 Å². The number of nitrogens with zero attached hydrogens (tertiary/aromatic N) is 2. The van der Waals surface area contributed by atoms with Gasteiger partial charge in [0.05, 0.1) is 11.4 Å². The van der Waals surface area contributed by atoms with E-state index in [2.05, 4.69) is 170 Å². The number of para-hydroxylation sites is 1. The molecule has 0 radical (unpaired) electrons. The molecular formula is C50H32N2O. The van der Waals surface area contributed by atoms with E-state index >= 15 is 0 Å². The van der Waals surface area contributed by atoms with Gasteiger partial charge in [0.15, 0.2) is 5.82 Å². The van der Waals surface area contributed by atoms with E-state index in [4.69, 9.17) is 14.4 Å². The van der Waals surface area contributed by atoms with Crippen LogP contribution in [0, 0.1) is 0 Å². The molecular weight excluding hydrogens is 645 g/mol. The summed E-state index contributed by atoms with van der Waals surface area (Å²) in [6.07, 6.45) is 0. The Balaban J connectivity index is 1.22. The van der Waals surface area contributed by atoms with E-state index in [9.17, 15) is 0 Å². The van der Waals surface area contributed by atoms with Gasteiger partial charge in [0.1, 0.15) is 11.2 Å². The van der Waals surface area contributed by atoms with Crippen LogP contribution in [0.15, 0.2) is 199 Å². The molecule has 0 atom stereocenters. The molecule has 0 bridgehead atoms. The Labute approximate surface area is 307 Å². The number of rotatable bonds is 6. The van der Waals surface area contributed by atoms with Gasteiger partial charge in [0.2, 0.25) is 0 Å². The van der Waals surface area contributed by atoms with Crippen LogP contribution in [0.5, 0.6) is 0 Å². The lowest BCUT2D eigenvalue weighted by atomic mass is 9.92. The number of hydrogen-bond acceptors (Lipinski definition) is 3. The van der Waals surface area contributed by atoms with Crippen molar-refractivity contribution < 1.29 is 4.42 Å². The molecule has 2 heterocycles. The minimum Gasteiger partial charge on any atom is -0.456 e. The molecule has 8 aromatic carbocycles.